The number of carbonyl (C=O) groups excluding carboxylic acids is 1. The zero-order valence-corrected chi connectivity index (χ0v) is 11.1. The summed E-state index contributed by atoms with van der Waals surface area (Å²) in [5, 5.41) is 10.1. The summed E-state index contributed by atoms with van der Waals surface area (Å²) < 4.78 is 0. The number of aryl methyl sites for hydroxylation is 2. The number of carbonyl (C=O) groups is 1. The third-order valence-electron chi connectivity index (χ3n) is 3.10. The van der Waals surface area contributed by atoms with E-state index >= 15 is 0 Å². The summed E-state index contributed by atoms with van der Waals surface area (Å²) in [6.07, 6.45) is 1.28. The minimum atomic E-state index is -0.182. The van der Waals surface area contributed by atoms with Gasteiger partial charge >= 0.3 is 0 Å². The fourth-order valence-electron chi connectivity index (χ4n) is 1.99. The molecule has 2 aromatic carbocycles. The highest BCUT2D eigenvalue weighted by Gasteiger charge is 2.09. The van der Waals surface area contributed by atoms with Crippen LogP contribution in [0, 0.1) is 13.8 Å². The van der Waals surface area contributed by atoms with Gasteiger partial charge in [0.2, 0.25) is 0 Å². The molecular weight excluding hydrogens is 236 g/mol. The highest BCUT2D eigenvalue weighted by molar-refractivity contribution is 6.08. The van der Waals surface area contributed by atoms with Gasteiger partial charge in [-0.05, 0) is 25.0 Å². The molecule has 0 aliphatic carbocycles. The van der Waals surface area contributed by atoms with Crippen LogP contribution in [0.4, 0.5) is 0 Å². The van der Waals surface area contributed by atoms with Crippen LogP contribution in [0.3, 0.4) is 0 Å². The largest absolute Gasteiger partial charge is 0.507 e. The molecule has 19 heavy (non-hydrogen) atoms. The van der Waals surface area contributed by atoms with E-state index in [0.29, 0.717) is 11.1 Å². The molecule has 2 nitrogen and oxygen atoms in total. The lowest BCUT2D eigenvalue weighted by Gasteiger charge is -2.05. The van der Waals surface area contributed by atoms with E-state index in [1.807, 2.05) is 50.2 Å². The Balaban J connectivity index is 2.34. The molecule has 2 aromatic rings. The lowest BCUT2D eigenvalue weighted by molar-refractivity contribution is 0.104. The van der Waals surface area contributed by atoms with Crippen LogP contribution in [0.5, 0.6) is 0 Å². The summed E-state index contributed by atoms with van der Waals surface area (Å²) in [5.41, 5.74) is 3.14. The summed E-state index contributed by atoms with van der Waals surface area (Å²) in [6, 6.07) is 14.8. The summed E-state index contributed by atoms with van der Waals surface area (Å²) >= 11 is 0. The van der Waals surface area contributed by atoms with Crippen molar-refractivity contribution < 1.29 is 9.90 Å². The second kappa shape index (κ2) is 5.53. The first-order valence-corrected chi connectivity index (χ1v) is 6.16. The predicted octanol–water partition coefficient (Wildman–Crippen LogP) is 4.09. The van der Waals surface area contributed by atoms with Gasteiger partial charge in [0.15, 0.2) is 5.78 Å². The van der Waals surface area contributed by atoms with Crippen LogP contribution >= 0.6 is 0 Å². The van der Waals surface area contributed by atoms with E-state index in [-0.39, 0.29) is 11.5 Å². The Kier molecular flexibility index (Phi) is 3.81. The smallest absolute Gasteiger partial charge is 0.189 e. The van der Waals surface area contributed by atoms with Crippen LogP contribution in [0.2, 0.25) is 0 Å². The molecule has 0 amide bonds. The van der Waals surface area contributed by atoms with E-state index in [0.717, 1.165) is 11.1 Å². The minimum absolute atomic E-state index is 0.00588. The number of ketones is 1. The van der Waals surface area contributed by atoms with E-state index in [2.05, 4.69) is 0 Å². The number of allylic oxidation sites excluding steroid dienone is 1. The maximum absolute atomic E-state index is 12.1. The van der Waals surface area contributed by atoms with Gasteiger partial charge in [-0.3, -0.25) is 4.79 Å². The molecular formula is C17H16O2. The van der Waals surface area contributed by atoms with Crippen LogP contribution in [0.15, 0.2) is 54.6 Å². The van der Waals surface area contributed by atoms with Gasteiger partial charge in [-0.2, -0.15) is 0 Å². The predicted molar refractivity (Wildman–Crippen MR) is 77.3 cm³/mol. The Morgan fingerprint density at radius 2 is 1.37 bits per heavy atom. The molecule has 96 valence electrons. The Hall–Kier alpha value is -2.35. The van der Waals surface area contributed by atoms with Crippen molar-refractivity contribution in [1.29, 1.82) is 0 Å². The van der Waals surface area contributed by atoms with Crippen molar-refractivity contribution in [2.75, 3.05) is 0 Å². The zero-order valence-electron chi connectivity index (χ0n) is 11.1. The van der Waals surface area contributed by atoms with Crippen molar-refractivity contribution in [3.8, 4) is 0 Å². The molecule has 0 saturated carbocycles. The van der Waals surface area contributed by atoms with E-state index in [1.54, 1.807) is 12.1 Å². The SMILES string of the molecule is Cc1ccccc1C(=O)C=C(O)c1ccccc1C. The molecule has 0 radical (unpaired) electrons. The van der Waals surface area contributed by atoms with E-state index in [1.165, 1.54) is 6.08 Å². The molecule has 0 unspecified atom stereocenters. The summed E-state index contributed by atoms with van der Waals surface area (Å²) in [7, 11) is 0. The third-order valence-corrected chi connectivity index (χ3v) is 3.10. The lowest BCUT2D eigenvalue weighted by atomic mass is 10.0. The molecule has 0 heterocycles. The second-order valence-electron chi connectivity index (χ2n) is 4.52. The van der Waals surface area contributed by atoms with Gasteiger partial charge in [0.1, 0.15) is 5.76 Å². The summed E-state index contributed by atoms with van der Waals surface area (Å²) in [4.78, 5) is 12.1. The molecule has 0 aliphatic rings. The normalized spacial score (nSPS) is 11.4. The molecule has 2 rings (SSSR count). The van der Waals surface area contributed by atoms with Gasteiger partial charge in [0.05, 0.1) is 0 Å². The molecule has 2 heteroatoms. The van der Waals surface area contributed by atoms with Crippen LogP contribution in [-0.2, 0) is 0 Å². The fourth-order valence-corrected chi connectivity index (χ4v) is 1.99. The van der Waals surface area contributed by atoms with E-state index < -0.39 is 0 Å². The molecule has 0 fully saturated rings. The van der Waals surface area contributed by atoms with Crippen molar-refractivity contribution in [1.82, 2.24) is 0 Å². The Morgan fingerprint density at radius 1 is 0.895 bits per heavy atom. The van der Waals surface area contributed by atoms with Crippen LogP contribution in [0.1, 0.15) is 27.0 Å². The molecule has 0 aliphatic heterocycles. The molecule has 0 atom stereocenters. The van der Waals surface area contributed by atoms with Crippen molar-refractivity contribution in [3.05, 3.63) is 76.9 Å². The van der Waals surface area contributed by atoms with Gasteiger partial charge in [-0.25, -0.2) is 0 Å². The van der Waals surface area contributed by atoms with Gasteiger partial charge in [-0.1, -0.05) is 48.5 Å². The number of hydrogen-bond donors (Lipinski definition) is 1. The van der Waals surface area contributed by atoms with Gasteiger partial charge in [0, 0.05) is 17.2 Å². The molecule has 0 saturated heterocycles. The van der Waals surface area contributed by atoms with Crippen molar-refractivity contribution in [3.63, 3.8) is 0 Å². The van der Waals surface area contributed by atoms with Crippen LogP contribution < -0.4 is 0 Å². The van der Waals surface area contributed by atoms with Crippen LogP contribution in [0.25, 0.3) is 5.76 Å². The third kappa shape index (κ3) is 2.91. The van der Waals surface area contributed by atoms with Gasteiger partial charge in [0.25, 0.3) is 0 Å². The van der Waals surface area contributed by atoms with E-state index in [4.69, 9.17) is 0 Å². The number of hydrogen-bond acceptors (Lipinski definition) is 2. The topological polar surface area (TPSA) is 37.3 Å². The van der Waals surface area contributed by atoms with E-state index in [9.17, 15) is 9.90 Å². The van der Waals surface area contributed by atoms with Crippen molar-refractivity contribution >= 4 is 11.5 Å². The fraction of sp³-hybridized carbons (Fsp3) is 0.118. The summed E-state index contributed by atoms with van der Waals surface area (Å²) in [5.74, 6) is -0.176. The molecule has 0 bridgehead atoms. The molecule has 0 aromatic heterocycles. The quantitative estimate of drug-likeness (QED) is 0.507. The van der Waals surface area contributed by atoms with Crippen LogP contribution in [-0.4, -0.2) is 10.9 Å². The highest BCUT2D eigenvalue weighted by Crippen LogP contribution is 2.17. The maximum atomic E-state index is 12.1. The average Bonchev–Trinajstić information content (AvgIpc) is 2.39. The number of aliphatic hydroxyl groups excluding tert-OH is 1. The van der Waals surface area contributed by atoms with Gasteiger partial charge in [-0.15, -0.1) is 0 Å². The number of aliphatic hydroxyl groups is 1. The first-order chi connectivity index (χ1) is 9.09. The second-order valence-corrected chi connectivity index (χ2v) is 4.52. The Labute approximate surface area is 113 Å². The molecule has 0 spiro atoms. The van der Waals surface area contributed by atoms with Crippen molar-refractivity contribution in [2.45, 2.75) is 13.8 Å². The first kappa shape index (κ1) is 13.1. The first-order valence-electron chi connectivity index (χ1n) is 6.16. The highest BCUT2D eigenvalue weighted by atomic mass is 16.3. The number of benzene rings is 2. The Morgan fingerprint density at radius 3 is 1.89 bits per heavy atom. The van der Waals surface area contributed by atoms with Gasteiger partial charge < -0.3 is 5.11 Å². The monoisotopic (exact) mass is 252 g/mol. The minimum Gasteiger partial charge on any atom is -0.507 e. The zero-order chi connectivity index (χ0) is 13.8. The standard InChI is InChI=1S/C17H16O2/c1-12-7-3-5-9-14(12)16(18)11-17(19)15-10-6-4-8-13(15)2/h3-11,18H,1-2H3. The van der Waals surface area contributed by atoms with Crippen molar-refractivity contribution in [2.24, 2.45) is 0 Å². The lowest BCUT2D eigenvalue weighted by Crippen LogP contribution is -1.99. The Bertz CT molecular complexity index is 639. The molecule has 1 N–H and O–H groups in total. The summed E-state index contributed by atoms with van der Waals surface area (Å²) in [6.45, 7) is 3.78. The maximum Gasteiger partial charge on any atom is 0.189 e. The average molecular weight is 252 g/mol. The number of rotatable bonds is 3.